The third kappa shape index (κ3) is 4.36. The smallest absolute Gasteiger partial charge is 0.394 e. The SMILES string of the molecule is C=CC(=O)OC(C)CC(C)(C)C(F)(F)F. The molecule has 0 spiro atoms. The zero-order chi connectivity index (χ0) is 12.3. The van der Waals surface area contributed by atoms with Crippen molar-refractivity contribution in [3.8, 4) is 0 Å². The number of ether oxygens (including phenoxy) is 1. The summed E-state index contributed by atoms with van der Waals surface area (Å²) >= 11 is 0. The van der Waals surface area contributed by atoms with Gasteiger partial charge < -0.3 is 4.74 Å². The highest BCUT2D eigenvalue weighted by molar-refractivity contribution is 5.81. The van der Waals surface area contributed by atoms with Crippen molar-refractivity contribution in [1.82, 2.24) is 0 Å². The lowest BCUT2D eigenvalue weighted by molar-refractivity contribution is -0.220. The van der Waals surface area contributed by atoms with Crippen molar-refractivity contribution in [2.24, 2.45) is 5.41 Å². The van der Waals surface area contributed by atoms with Gasteiger partial charge in [0.1, 0.15) is 6.10 Å². The van der Waals surface area contributed by atoms with E-state index in [1.54, 1.807) is 0 Å². The van der Waals surface area contributed by atoms with Crippen LogP contribution >= 0.6 is 0 Å². The molecule has 0 aliphatic rings. The van der Waals surface area contributed by atoms with Crippen molar-refractivity contribution in [2.45, 2.75) is 39.5 Å². The van der Waals surface area contributed by atoms with Crippen LogP contribution in [0.4, 0.5) is 13.2 Å². The van der Waals surface area contributed by atoms with E-state index in [4.69, 9.17) is 0 Å². The first-order valence-electron chi connectivity index (χ1n) is 4.50. The van der Waals surface area contributed by atoms with E-state index in [-0.39, 0.29) is 6.42 Å². The average Bonchev–Trinajstić information content (AvgIpc) is 2.00. The first-order chi connectivity index (χ1) is 6.60. The summed E-state index contributed by atoms with van der Waals surface area (Å²) in [6.07, 6.45) is -4.43. The number of hydrogen-bond donors (Lipinski definition) is 0. The molecule has 0 fully saturated rings. The lowest BCUT2D eigenvalue weighted by atomic mass is 9.86. The lowest BCUT2D eigenvalue weighted by Gasteiger charge is -2.29. The summed E-state index contributed by atoms with van der Waals surface area (Å²) in [7, 11) is 0. The Morgan fingerprint density at radius 3 is 2.27 bits per heavy atom. The molecule has 2 nitrogen and oxygen atoms in total. The van der Waals surface area contributed by atoms with E-state index in [2.05, 4.69) is 11.3 Å². The van der Waals surface area contributed by atoms with Crippen molar-refractivity contribution in [1.29, 1.82) is 0 Å². The fourth-order valence-corrected chi connectivity index (χ4v) is 1.12. The Morgan fingerprint density at radius 2 is 1.93 bits per heavy atom. The summed E-state index contributed by atoms with van der Waals surface area (Å²) in [5.41, 5.74) is -1.87. The second-order valence-corrected chi connectivity index (χ2v) is 4.04. The van der Waals surface area contributed by atoms with E-state index in [9.17, 15) is 18.0 Å². The van der Waals surface area contributed by atoms with Crippen LogP contribution in [0, 0.1) is 5.41 Å². The molecule has 0 rings (SSSR count). The molecular formula is C10H15F3O2. The van der Waals surface area contributed by atoms with Gasteiger partial charge in [-0.2, -0.15) is 13.2 Å². The molecule has 5 heteroatoms. The van der Waals surface area contributed by atoms with Crippen LogP contribution in [0.1, 0.15) is 27.2 Å². The normalized spacial score (nSPS) is 14.5. The number of rotatable bonds is 4. The van der Waals surface area contributed by atoms with Crippen LogP contribution in [-0.2, 0) is 9.53 Å². The van der Waals surface area contributed by atoms with Gasteiger partial charge in [0.2, 0.25) is 0 Å². The van der Waals surface area contributed by atoms with Crippen molar-refractivity contribution in [3.05, 3.63) is 12.7 Å². The van der Waals surface area contributed by atoms with Gasteiger partial charge in [0.05, 0.1) is 5.41 Å². The molecule has 0 aromatic carbocycles. The third-order valence-corrected chi connectivity index (χ3v) is 2.05. The zero-order valence-electron chi connectivity index (χ0n) is 9.02. The summed E-state index contributed by atoms with van der Waals surface area (Å²) in [6, 6.07) is 0. The van der Waals surface area contributed by atoms with Gasteiger partial charge in [0, 0.05) is 6.08 Å². The highest BCUT2D eigenvalue weighted by Crippen LogP contribution is 2.41. The van der Waals surface area contributed by atoms with Crippen molar-refractivity contribution in [3.63, 3.8) is 0 Å². The second kappa shape index (κ2) is 4.68. The molecule has 0 heterocycles. The van der Waals surface area contributed by atoms with E-state index in [1.807, 2.05) is 0 Å². The van der Waals surface area contributed by atoms with Crippen molar-refractivity contribution in [2.75, 3.05) is 0 Å². The summed E-state index contributed by atoms with van der Waals surface area (Å²) in [4.78, 5) is 10.7. The Hall–Kier alpha value is -1.00. The topological polar surface area (TPSA) is 26.3 Å². The Kier molecular flexibility index (Phi) is 4.37. The maximum atomic E-state index is 12.5. The van der Waals surface area contributed by atoms with E-state index in [0.29, 0.717) is 0 Å². The molecule has 0 bridgehead atoms. The summed E-state index contributed by atoms with van der Waals surface area (Å²) in [5, 5.41) is 0. The minimum Gasteiger partial charge on any atom is -0.460 e. The first kappa shape index (κ1) is 14.0. The molecule has 0 aromatic rings. The quantitative estimate of drug-likeness (QED) is 0.541. The van der Waals surface area contributed by atoms with Gasteiger partial charge in [-0.3, -0.25) is 0 Å². The maximum Gasteiger partial charge on any atom is 0.394 e. The zero-order valence-corrected chi connectivity index (χ0v) is 9.02. The second-order valence-electron chi connectivity index (χ2n) is 4.04. The highest BCUT2D eigenvalue weighted by Gasteiger charge is 2.48. The fourth-order valence-electron chi connectivity index (χ4n) is 1.12. The average molecular weight is 224 g/mol. The number of esters is 1. The molecule has 0 amide bonds. The fraction of sp³-hybridized carbons (Fsp3) is 0.700. The number of halogens is 3. The Morgan fingerprint density at radius 1 is 1.47 bits per heavy atom. The molecule has 88 valence electrons. The Balaban J connectivity index is 4.34. The molecule has 0 aliphatic heterocycles. The number of carbonyl (C=O) groups is 1. The standard InChI is InChI=1S/C10H15F3O2/c1-5-8(14)15-7(2)6-9(3,4)10(11,12)13/h5,7H,1,6H2,2-4H3. The Bertz CT molecular complexity index is 244. The molecule has 1 unspecified atom stereocenters. The number of carbonyl (C=O) groups excluding carboxylic acids is 1. The molecule has 0 aliphatic carbocycles. The van der Waals surface area contributed by atoms with Crippen LogP contribution in [0.5, 0.6) is 0 Å². The van der Waals surface area contributed by atoms with Crippen LogP contribution in [0.15, 0.2) is 12.7 Å². The van der Waals surface area contributed by atoms with E-state index in [1.165, 1.54) is 6.92 Å². The molecular weight excluding hydrogens is 209 g/mol. The molecule has 1 atom stereocenters. The minimum absolute atomic E-state index is 0.268. The van der Waals surface area contributed by atoms with Gasteiger partial charge >= 0.3 is 12.1 Å². The summed E-state index contributed by atoms with van der Waals surface area (Å²) in [6.45, 7) is 6.74. The number of hydrogen-bond acceptors (Lipinski definition) is 2. The minimum atomic E-state index is -4.30. The third-order valence-electron chi connectivity index (χ3n) is 2.05. The van der Waals surface area contributed by atoms with E-state index >= 15 is 0 Å². The van der Waals surface area contributed by atoms with Crippen molar-refractivity contribution >= 4 is 5.97 Å². The Labute approximate surface area is 87.1 Å². The molecule has 15 heavy (non-hydrogen) atoms. The molecule has 0 saturated carbocycles. The molecule has 0 aromatic heterocycles. The molecule has 0 N–H and O–H groups in total. The summed E-state index contributed by atoms with van der Waals surface area (Å²) < 4.78 is 42.0. The lowest BCUT2D eigenvalue weighted by Crippen LogP contribution is -2.35. The highest BCUT2D eigenvalue weighted by atomic mass is 19.4. The predicted octanol–water partition coefficient (Wildman–Crippen LogP) is 3.08. The summed E-state index contributed by atoms with van der Waals surface area (Å²) in [5.74, 6) is -0.708. The monoisotopic (exact) mass is 224 g/mol. The molecule has 0 radical (unpaired) electrons. The van der Waals surface area contributed by atoms with Crippen molar-refractivity contribution < 1.29 is 22.7 Å². The van der Waals surface area contributed by atoms with Gasteiger partial charge in [-0.15, -0.1) is 0 Å². The van der Waals surface area contributed by atoms with Crippen LogP contribution in [0.25, 0.3) is 0 Å². The van der Waals surface area contributed by atoms with Crippen LogP contribution in [0.3, 0.4) is 0 Å². The van der Waals surface area contributed by atoms with Gasteiger partial charge in [-0.1, -0.05) is 20.4 Å². The van der Waals surface area contributed by atoms with Crippen LogP contribution in [-0.4, -0.2) is 18.2 Å². The van der Waals surface area contributed by atoms with Gasteiger partial charge in [-0.05, 0) is 13.3 Å². The van der Waals surface area contributed by atoms with E-state index in [0.717, 1.165) is 19.9 Å². The first-order valence-corrected chi connectivity index (χ1v) is 4.50. The molecule has 0 saturated heterocycles. The van der Waals surface area contributed by atoms with Gasteiger partial charge in [0.15, 0.2) is 0 Å². The van der Waals surface area contributed by atoms with Gasteiger partial charge in [0.25, 0.3) is 0 Å². The maximum absolute atomic E-state index is 12.5. The van der Waals surface area contributed by atoms with Crippen LogP contribution in [0.2, 0.25) is 0 Å². The van der Waals surface area contributed by atoms with Crippen LogP contribution < -0.4 is 0 Å². The van der Waals surface area contributed by atoms with Gasteiger partial charge in [-0.25, -0.2) is 4.79 Å². The largest absolute Gasteiger partial charge is 0.460 e. The predicted molar refractivity (Wildman–Crippen MR) is 50.2 cm³/mol. The van der Waals surface area contributed by atoms with E-state index < -0.39 is 23.7 Å². The number of alkyl halides is 3.